The van der Waals surface area contributed by atoms with Gasteiger partial charge in [-0.15, -0.1) is 11.3 Å². The molecule has 0 spiro atoms. The van der Waals surface area contributed by atoms with Crippen molar-refractivity contribution in [2.75, 3.05) is 6.61 Å². The summed E-state index contributed by atoms with van der Waals surface area (Å²) in [7, 11) is 0. The third-order valence-corrected chi connectivity index (χ3v) is 3.59. The van der Waals surface area contributed by atoms with Gasteiger partial charge in [-0.1, -0.05) is 11.6 Å². The fraction of sp³-hybridized carbons (Fsp3) is 0.231. The second kappa shape index (κ2) is 5.54. The number of rotatable bonds is 4. The summed E-state index contributed by atoms with van der Waals surface area (Å²) in [6, 6.07) is 9.03. The number of benzene rings is 1. The van der Waals surface area contributed by atoms with E-state index in [-0.39, 0.29) is 6.61 Å². The zero-order chi connectivity index (χ0) is 12.3. The van der Waals surface area contributed by atoms with Crippen molar-refractivity contribution >= 4 is 22.9 Å². The molecule has 1 atom stereocenters. The van der Waals surface area contributed by atoms with E-state index in [1.165, 1.54) is 0 Å². The molecular weight excluding hydrogens is 256 g/mol. The van der Waals surface area contributed by atoms with Gasteiger partial charge < -0.3 is 9.84 Å². The Morgan fingerprint density at radius 3 is 2.59 bits per heavy atom. The quantitative estimate of drug-likeness (QED) is 0.913. The van der Waals surface area contributed by atoms with Crippen molar-refractivity contribution in [2.45, 2.75) is 13.0 Å². The van der Waals surface area contributed by atoms with E-state index >= 15 is 0 Å². The van der Waals surface area contributed by atoms with Crippen molar-refractivity contribution in [3.8, 4) is 5.75 Å². The SMILES string of the molecule is Cc1sccc1C(O)COc1ccc(Cl)cc1. The van der Waals surface area contributed by atoms with Gasteiger partial charge in [0.15, 0.2) is 0 Å². The molecule has 0 aliphatic carbocycles. The van der Waals surface area contributed by atoms with Crippen molar-refractivity contribution < 1.29 is 9.84 Å². The molecule has 0 fully saturated rings. The zero-order valence-electron chi connectivity index (χ0n) is 9.39. The number of aliphatic hydroxyl groups is 1. The van der Waals surface area contributed by atoms with Gasteiger partial charge in [-0.05, 0) is 48.2 Å². The van der Waals surface area contributed by atoms with Gasteiger partial charge >= 0.3 is 0 Å². The standard InChI is InChI=1S/C13H13ClO2S/c1-9-12(6-7-17-9)13(15)8-16-11-4-2-10(14)3-5-11/h2-7,13,15H,8H2,1H3. The van der Waals surface area contributed by atoms with E-state index in [1.807, 2.05) is 18.4 Å². The Morgan fingerprint density at radius 1 is 1.29 bits per heavy atom. The molecule has 1 heterocycles. The van der Waals surface area contributed by atoms with Crippen molar-refractivity contribution in [2.24, 2.45) is 0 Å². The van der Waals surface area contributed by atoms with Crippen molar-refractivity contribution in [1.29, 1.82) is 0 Å². The van der Waals surface area contributed by atoms with E-state index in [0.717, 1.165) is 10.4 Å². The summed E-state index contributed by atoms with van der Waals surface area (Å²) in [6.07, 6.45) is -0.586. The van der Waals surface area contributed by atoms with Gasteiger partial charge in [-0.2, -0.15) is 0 Å². The second-order valence-corrected chi connectivity index (χ2v) is 5.27. The Bertz CT molecular complexity index is 478. The highest BCUT2D eigenvalue weighted by Gasteiger charge is 2.11. The molecule has 2 nitrogen and oxygen atoms in total. The number of aryl methyl sites for hydroxylation is 1. The molecule has 0 saturated heterocycles. The highest BCUT2D eigenvalue weighted by Crippen LogP contribution is 2.23. The molecule has 0 aliphatic heterocycles. The Labute approximate surface area is 109 Å². The number of thiophene rings is 1. The molecule has 1 aromatic heterocycles. The molecule has 0 radical (unpaired) electrons. The molecule has 4 heteroatoms. The number of aliphatic hydroxyl groups excluding tert-OH is 1. The molecule has 2 aromatic rings. The molecule has 1 N–H and O–H groups in total. The van der Waals surface area contributed by atoms with Crippen LogP contribution in [0.2, 0.25) is 5.02 Å². The first-order valence-electron chi connectivity index (χ1n) is 5.27. The van der Waals surface area contributed by atoms with Crippen LogP contribution in [0, 0.1) is 6.92 Å². The minimum absolute atomic E-state index is 0.249. The van der Waals surface area contributed by atoms with E-state index in [9.17, 15) is 5.11 Å². The number of ether oxygens (including phenoxy) is 1. The lowest BCUT2D eigenvalue weighted by molar-refractivity contribution is 0.108. The maximum absolute atomic E-state index is 9.96. The van der Waals surface area contributed by atoms with Crippen molar-refractivity contribution in [1.82, 2.24) is 0 Å². The minimum Gasteiger partial charge on any atom is -0.491 e. The van der Waals surface area contributed by atoms with Crippen LogP contribution < -0.4 is 4.74 Å². The lowest BCUT2D eigenvalue weighted by atomic mass is 10.1. The van der Waals surface area contributed by atoms with E-state index < -0.39 is 6.10 Å². The summed E-state index contributed by atoms with van der Waals surface area (Å²) in [6.45, 7) is 2.24. The average Bonchev–Trinajstić information content (AvgIpc) is 2.74. The van der Waals surface area contributed by atoms with Gasteiger partial charge in [-0.3, -0.25) is 0 Å². The normalized spacial score (nSPS) is 12.4. The summed E-state index contributed by atoms with van der Waals surface area (Å²) in [5, 5.41) is 12.6. The zero-order valence-corrected chi connectivity index (χ0v) is 11.0. The highest BCUT2D eigenvalue weighted by atomic mass is 35.5. The molecule has 17 heavy (non-hydrogen) atoms. The van der Waals surface area contributed by atoms with Gasteiger partial charge in [-0.25, -0.2) is 0 Å². The number of hydrogen-bond acceptors (Lipinski definition) is 3. The third kappa shape index (κ3) is 3.22. The smallest absolute Gasteiger partial charge is 0.119 e. The monoisotopic (exact) mass is 268 g/mol. The van der Waals surface area contributed by atoms with Crippen LogP contribution in [0.4, 0.5) is 0 Å². The van der Waals surface area contributed by atoms with Crippen molar-refractivity contribution in [3.63, 3.8) is 0 Å². The van der Waals surface area contributed by atoms with E-state index in [0.29, 0.717) is 10.8 Å². The molecule has 2 rings (SSSR count). The van der Waals surface area contributed by atoms with Crippen molar-refractivity contribution in [3.05, 3.63) is 51.2 Å². The maximum atomic E-state index is 9.96. The largest absolute Gasteiger partial charge is 0.491 e. The van der Waals surface area contributed by atoms with Crippen LogP contribution in [0.25, 0.3) is 0 Å². The Hall–Kier alpha value is -1.03. The van der Waals surface area contributed by atoms with Gasteiger partial charge in [0, 0.05) is 9.90 Å². The van der Waals surface area contributed by atoms with Gasteiger partial charge in [0.2, 0.25) is 0 Å². The summed E-state index contributed by atoms with van der Waals surface area (Å²) >= 11 is 7.40. The van der Waals surface area contributed by atoms with Crippen LogP contribution >= 0.6 is 22.9 Å². The predicted molar refractivity (Wildman–Crippen MR) is 71.0 cm³/mol. The van der Waals surface area contributed by atoms with Crippen LogP contribution in [0.15, 0.2) is 35.7 Å². The number of hydrogen-bond donors (Lipinski definition) is 1. The first-order valence-corrected chi connectivity index (χ1v) is 6.53. The lowest BCUT2D eigenvalue weighted by Gasteiger charge is -2.12. The Balaban J connectivity index is 1.94. The molecule has 0 amide bonds. The Kier molecular flexibility index (Phi) is 4.05. The lowest BCUT2D eigenvalue weighted by Crippen LogP contribution is -2.09. The first kappa shape index (κ1) is 12.4. The minimum atomic E-state index is -0.586. The summed E-state index contributed by atoms with van der Waals surface area (Å²) in [5.41, 5.74) is 0.934. The highest BCUT2D eigenvalue weighted by molar-refractivity contribution is 7.10. The topological polar surface area (TPSA) is 29.5 Å². The first-order chi connectivity index (χ1) is 8.16. The molecule has 1 unspecified atom stereocenters. The molecule has 0 saturated carbocycles. The van der Waals surface area contributed by atoms with Gasteiger partial charge in [0.05, 0.1) is 0 Å². The molecule has 90 valence electrons. The summed E-state index contributed by atoms with van der Waals surface area (Å²) in [5.74, 6) is 0.710. The van der Waals surface area contributed by atoms with Crippen LogP contribution in [-0.2, 0) is 0 Å². The summed E-state index contributed by atoms with van der Waals surface area (Å²) in [4.78, 5) is 1.12. The van der Waals surface area contributed by atoms with Crippen LogP contribution in [-0.4, -0.2) is 11.7 Å². The van der Waals surface area contributed by atoms with Gasteiger partial charge in [0.25, 0.3) is 0 Å². The predicted octanol–water partition coefficient (Wildman–Crippen LogP) is 3.82. The van der Waals surface area contributed by atoms with E-state index in [1.54, 1.807) is 35.6 Å². The van der Waals surface area contributed by atoms with Crippen LogP contribution in [0.1, 0.15) is 16.5 Å². The van der Waals surface area contributed by atoms with E-state index in [2.05, 4.69) is 0 Å². The fourth-order valence-corrected chi connectivity index (χ4v) is 2.42. The third-order valence-electron chi connectivity index (χ3n) is 2.48. The van der Waals surface area contributed by atoms with E-state index in [4.69, 9.17) is 16.3 Å². The van der Waals surface area contributed by atoms with Gasteiger partial charge in [0.1, 0.15) is 18.5 Å². The Morgan fingerprint density at radius 2 is 2.00 bits per heavy atom. The second-order valence-electron chi connectivity index (χ2n) is 3.71. The fourth-order valence-electron chi connectivity index (χ4n) is 1.54. The summed E-state index contributed by atoms with van der Waals surface area (Å²) < 4.78 is 5.50. The molecule has 0 bridgehead atoms. The molecule has 1 aromatic carbocycles. The number of halogens is 1. The average molecular weight is 269 g/mol. The maximum Gasteiger partial charge on any atom is 0.119 e. The molecular formula is C13H13ClO2S. The van der Waals surface area contributed by atoms with Crippen LogP contribution in [0.3, 0.4) is 0 Å². The van der Waals surface area contributed by atoms with Crippen LogP contribution in [0.5, 0.6) is 5.75 Å². The molecule has 0 aliphatic rings.